The highest BCUT2D eigenvalue weighted by atomic mass is 35.5. The standard InChI is InChI=1S/C30H33N5O4S2.ClH/c1-2-39-26-8-5-9-27-28(26)32-30(40-27)34-20-18-33(19-21-34)17-15-31-29(36)23-10-12-24(13-11-23)41(37,38)35-16-14-22-6-3-4-7-25(22)35;/h3-13H,2,14-21H2,1H3,(H,31,36);1H. The van der Waals surface area contributed by atoms with Gasteiger partial charge in [0.05, 0.1) is 21.9 Å². The smallest absolute Gasteiger partial charge is 0.264 e. The number of para-hydroxylation sites is 2. The number of halogens is 1. The highest BCUT2D eigenvalue weighted by Crippen LogP contribution is 2.35. The zero-order chi connectivity index (χ0) is 28.4. The number of rotatable bonds is 9. The number of nitrogens with one attached hydrogen (secondary N) is 1. The van der Waals surface area contributed by atoms with E-state index >= 15 is 0 Å². The molecule has 1 saturated heterocycles. The number of thiazole rings is 1. The van der Waals surface area contributed by atoms with E-state index in [1.807, 2.05) is 43.3 Å². The van der Waals surface area contributed by atoms with Gasteiger partial charge in [-0.3, -0.25) is 14.0 Å². The van der Waals surface area contributed by atoms with Gasteiger partial charge in [0.2, 0.25) is 0 Å². The SMILES string of the molecule is CCOc1cccc2sc(N3CCN(CCNC(=O)c4ccc(S(=O)(=O)N5CCc6ccccc65)cc4)CC3)nc12.Cl. The molecule has 0 radical (unpaired) electrons. The second-order valence-electron chi connectivity index (χ2n) is 10.1. The second-order valence-corrected chi connectivity index (χ2v) is 13.0. The van der Waals surface area contributed by atoms with Crippen LogP contribution in [0.4, 0.5) is 10.8 Å². The van der Waals surface area contributed by atoms with Crippen LogP contribution in [0.1, 0.15) is 22.8 Å². The van der Waals surface area contributed by atoms with Crippen molar-refractivity contribution in [3.8, 4) is 5.75 Å². The minimum absolute atomic E-state index is 0. The number of carbonyl (C=O) groups excluding carboxylic acids is 1. The van der Waals surface area contributed by atoms with E-state index < -0.39 is 10.0 Å². The number of aromatic nitrogens is 1. The quantitative estimate of drug-likeness (QED) is 0.294. The normalized spacial score (nSPS) is 15.4. The topological polar surface area (TPSA) is 95.1 Å². The largest absolute Gasteiger partial charge is 0.492 e. The molecule has 1 N–H and O–H groups in total. The van der Waals surface area contributed by atoms with Crippen molar-refractivity contribution in [2.24, 2.45) is 0 Å². The predicted molar refractivity (Wildman–Crippen MR) is 170 cm³/mol. The van der Waals surface area contributed by atoms with Gasteiger partial charge in [-0.25, -0.2) is 13.4 Å². The first-order valence-electron chi connectivity index (χ1n) is 13.9. The van der Waals surface area contributed by atoms with E-state index in [1.54, 1.807) is 23.5 Å². The van der Waals surface area contributed by atoms with Crippen LogP contribution in [0.2, 0.25) is 0 Å². The zero-order valence-electron chi connectivity index (χ0n) is 23.4. The highest BCUT2D eigenvalue weighted by molar-refractivity contribution is 7.92. The lowest BCUT2D eigenvalue weighted by molar-refractivity contribution is 0.0947. The van der Waals surface area contributed by atoms with Crippen molar-refractivity contribution in [1.82, 2.24) is 15.2 Å². The fourth-order valence-corrected chi connectivity index (χ4v) is 7.91. The lowest BCUT2D eigenvalue weighted by atomic mass is 10.2. The van der Waals surface area contributed by atoms with E-state index in [0.29, 0.717) is 31.7 Å². The Morgan fingerprint density at radius 2 is 1.74 bits per heavy atom. The van der Waals surface area contributed by atoms with Gasteiger partial charge in [-0.2, -0.15) is 0 Å². The van der Waals surface area contributed by atoms with E-state index in [2.05, 4.69) is 21.2 Å². The molecule has 9 nitrogen and oxygen atoms in total. The van der Waals surface area contributed by atoms with Crippen LogP contribution < -0.4 is 19.3 Å². The molecule has 1 fully saturated rings. The maximum absolute atomic E-state index is 13.2. The van der Waals surface area contributed by atoms with Gasteiger partial charge in [0.15, 0.2) is 5.13 Å². The van der Waals surface area contributed by atoms with Crippen LogP contribution in [0.25, 0.3) is 10.2 Å². The fourth-order valence-electron chi connectivity index (χ4n) is 5.37. The van der Waals surface area contributed by atoms with Gasteiger partial charge in [-0.1, -0.05) is 35.6 Å². The van der Waals surface area contributed by atoms with E-state index in [4.69, 9.17) is 9.72 Å². The van der Waals surface area contributed by atoms with Gasteiger partial charge in [-0.05, 0) is 61.4 Å². The molecule has 0 spiro atoms. The lowest BCUT2D eigenvalue weighted by Gasteiger charge is -2.34. The van der Waals surface area contributed by atoms with E-state index in [-0.39, 0.29) is 23.2 Å². The molecule has 1 amide bonds. The summed E-state index contributed by atoms with van der Waals surface area (Å²) in [7, 11) is -3.68. The fraction of sp³-hybridized carbons (Fsp3) is 0.333. The average Bonchev–Trinajstić information content (AvgIpc) is 3.64. The minimum Gasteiger partial charge on any atom is -0.492 e. The molecule has 42 heavy (non-hydrogen) atoms. The molecular formula is C30H34ClN5O4S2. The highest BCUT2D eigenvalue weighted by Gasteiger charge is 2.30. The summed E-state index contributed by atoms with van der Waals surface area (Å²) in [4.78, 5) is 22.4. The van der Waals surface area contributed by atoms with Crippen molar-refractivity contribution in [2.45, 2.75) is 18.2 Å². The Balaban J connectivity index is 0.00000353. The van der Waals surface area contributed by atoms with Crippen LogP contribution in [0, 0.1) is 0 Å². The zero-order valence-corrected chi connectivity index (χ0v) is 25.8. The molecule has 6 rings (SSSR count). The van der Waals surface area contributed by atoms with Gasteiger partial charge >= 0.3 is 0 Å². The Labute approximate surface area is 256 Å². The minimum atomic E-state index is -3.68. The van der Waals surface area contributed by atoms with E-state index in [9.17, 15) is 13.2 Å². The lowest BCUT2D eigenvalue weighted by Crippen LogP contribution is -2.48. The summed E-state index contributed by atoms with van der Waals surface area (Å²) in [5, 5.41) is 3.99. The molecule has 0 unspecified atom stereocenters. The molecule has 222 valence electrons. The van der Waals surface area contributed by atoms with Gasteiger partial charge < -0.3 is 15.0 Å². The molecule has 0 atom stereocenters. The summed E-state index contributed by atoms with van der Waals surface area (Å²) in [5.41, 5.74) is 3.12. The van der Waals surface area contributed by atoms with Crippen LogP contribution in [0.5, 0.6) is 5.75 Å². The Morgan fingerprint density at radius 1 is 0.976 bits per heavy atom. The van der Waals surface area contributed by atoms with Crippen molar-refractivity contribution in [3.63, 3.8) is 0 Å². The first-order valence-corrected chi connectivity index (χ1v) is 16.2. The van der Waals surface area contributed by atoms with Gasteiger partial charge in [0.25, 0.3) is 15.9 Å². The molecule has 3 aromatic carbocycles. The van der Waals surface area contributed by atoms with Gasteiger partial charge in [0, 0.05) is 51.4 Å². The summed E-state index contributed by atoms with van der Waals surface area (Å²) in [6.07, 6.45) is 0.697. The number of piperazine rings is 1. The number of benzene rings is 3. The summed E-state index contributed by atoms with van der Waals surface area (Å²) >= 11 is 1.69. The molecule has 4 aromatic rings. The summed E-state index contributed by atoms with van der Waals surface area (Å²) in [6, 6.07) is 19.8. The van der Waals surface area contributed by atoms with Crippen LogP contribution in [-0.2, 0) is 16.4 Å². The summed E-state index contributed by atoms with van der Waals surface area (Å²) in [5.74, 6) is 0.620. The van der Waals surface area contributed by atoms with Crippen LogP contribution >= 0.6 is 23.7 Å². The van der Waals surface area contributed by atoms with Crippen molar-refractivity contribution in [3.05, 3.63) is 77.9 Å². The molecule has 2 aliphatic heterocycles. The van der Waals surface area contributed by atoms with Crippen molar-refractivity contribution < 1.29 is 17.9 Å². The second kappa shape index (κ2) is 12.9. The Morgan fingerprint density at radius 3 is 2.50 bits per heavy atom. The molecule has 0 saturated carbocycles. The summed E-state index contributed by atoms with van der Waals surface area (Å²) in [6.45, 7) is 7.79. The predicted octanol–water partition coefficient (Wildman–Crippen LogP) is 4.42. The monoisotopic (exact) mass is 627 g/mol. The molecule has 0 bridgehead atoms. The third-order valence-corrected chi connectivity index (χ3v) is 10.5. The van der Waals surface area contributed by atoms with Gasteiger partial charge in [-0.15, -0.1) is 12.4 Å². The molecular weight excluding hydrogens is 594 g/mol. The number of fused-ring (bicyclic) bond motifs is 2. The molecule has 12 heteroatoms. The maximum Gasteiger partial charge on any atom is 0.264 e. The number of hydrogen-bond acceptors (Lipinski definition) is 8. The number of ether oxygens (including phenoxy) is 1. The van der Waals surface area contributed by atoms with Crippen molar-refractivity contribution >= 4 is 60.7 Å². The van der Waals surface area contributed by atoms with E-state index in [1.165, 1.54) is 16.4 Å². The van der Waals surface area contributed by atoms with Crippen LogP contribution in [-0.4, -0.2) is 76.6 Å². The Bertz CT molecular complexity index is 1650. The number of hydrogen-bond donors (Lipinski definition) is 1. The van der Waals surface area contributed by atoms with Crippen LogP contribution in [0.3, 0.4) is 0 Å². The number of amides is 1. The molecule has 3 heterocycles. The van der Waals surface area contributed by atoms with E-state index in [0.717, 1.165) is 65.1 Å². The molecule has 2 aliphatic rings. The number of sulfonamides is 1. The number of nitrogens with zero attached hydrogens (tertiary/aromatic N) is 4. The molecule has 1 aromatic heterocycles. The van der Waals surface area contributed by atoms with Crippen molar-refractivity contribution in [1.29, 1.82) is 0 Å². The first-order chi connectivity index (χ1) is 19.9. The average molecular weight is 628 g/mol. The third kappa shape index (κ3) is 6.05. The number of carbonyl (C=O) groups is 1. The summed E-state index contributed by atoms with van der Waals surface area (Å²) < 4.78 is 34.8. The number of anilines is 2. The Hall–Kier alpha value is -3.38. The maximum atomic E-state index is 13.2. The molecule has 0 aliphatic carbocycles. The van der Waals surface area contributed by atoms with Crippen molar-refractivity contribution in [2.75, 3.05) is 61.6 Å². The first kappa shape index (κ1) is 30.1. The Kier molecular flexibility index (Phi) is 9.22. The van der Waals surface area contributed by atoms with Crippen LogP contribution in [0.15, 0.2) is 71.6 Å². The third-order valence-electron chi connectivity index (χ3n) is 7.58. The van der Waals surface area contributed by atoms with Gasteiger partial charge in [0.1, 0.15) is 11.3 Å².